The minimum Gasteiger partial charge on any atom is -0.324 e. The third kappa shape index (κ3) is 2.76. The maximum atomic E-state index is 6.49. The molecule has 2 aromatic rings. The van der Waals surface area contributed by atoms with Gasteiger partial charge < -0.3 is 10.3 Å². The minimum absolute atomic E-state index is 0.117. The summed E-state index contributed by atoms with van der Waals surface area (Å²) < 4.78 is 3.44. The molecule has 0 saturated carbocycles. The number of benzene rings is 1. The van der Waals surface area contributed by atoms with E-state index in [0.29, 0.717) is 0 Å². The van der Waals surface area contributed by atoms with E-state index in [9.17, 15) is 0 Å². The predicted octanol–water partition coefficient (Wildman–Crippen LogP) is 5.02. The van der Waals surface area contributed by atoms with Crippen LogP contribution in [0.4, 0.5) is 0 Å². The van der Waals surface area contributed by atoms with Crippen molar-refractivity contribution in [2.75, 3.05) is 0 Å². The maximum absolute atomic E-state index is 6.49. The lowest BCUT2D eigenvalue weighted by Crippen LogP contribution is -2.30. The number of hydrogen-bond acceptors (Lipinski definition) is 1. The number of aryl methyl sites for hydroxylation is 1. The van der Waals surface area contributed by atoms with Gasteiger partial charge in [-0.1, -0.05) is 25.4 Å². The van der Waals surface area contributed by atoms with Gasteiger partial charge in [0.25, 0.3) is 0 Å². The van der Waals surface area contributed by atoms with Gasteiger partial charge in [0.1, 0.15) is 0 Å². The van der Waals surface area contributed by atoms with Crippen LogP contribution in [0.1, 0.15) is 43.3 Å². The summed E-state index contributed by atoms with van der Waals surface area (Å²) in [5, 5.41) is 0.792. The van der Waals surface area contributed by atoms with Crippen molar-refractivity contribution in [2.24, 2.45) is 11.1 Å². The molecule has 21 heavy (non-hydrogen) atoms. The fourth-order valence-electron chi connectivity index (χ4n) is 3.45. The molecule has 0 saturated heterocycles. The van der Waals surface area contributed by atoms with Crippen molar-refractivity contribution in [3.05, 3.63) is 49.8 Å². The molecule has 4 heteroatoms. The van der Waals surface area contributed by atoms with E-state index in [2.05, 4.69) is 66.1 Å². The van der Waals surface area contributed by atoms with E-state index in [1.54, 1.807) is 0 Å². The average molecular weight is 415 g/mol. The monoisotopic (exact) mass is 414 g/mol. The molecule has 0 amide bonds. The highest BCUT2D eigenvalue weighted by Gasteiger charge is 2.33. The van der Waals surface area contributed by atoms with Crippen LogP contribution < -0.4 is 5.73 Å². The van der Waals surface area contributed by atoms with E-state index in [-0.39, 0.29) is 11.5 Å². The second-order valence-electron chi connectivity index (χ2n) is 6.77. The fraction of sp³-hybridized carbons (Fsp3) is 0.412. The van der Waals surface area contributed by atoms with Gasteiger partial charge >= 0.3 is 0 Å². The summed E-state index contributed by atoms with van der Waals surface area (Å²) in [4.78, 5) is 0. The Labute approximate surface area is 144 Å². The lowest BCUT2D eigenvalue weighted by atomic mass is 9.74. The van der Waals surface area contributed by atoms with Gasteiger partial charge in [0.2, 0.25) is 0 Å². The van der Waals surface area contributed by atoms with Gasteiger partial charge in [-0.25, -0.2) is 0 Å². The van der Waals surface area contributed by atoms with Gasteiger partial charge in [0, 0.05) is 21.0 Å². The number of halogens is 2. The van der Waals surface area contributed by atoms with Crippen LogP contribution in [-0.2, 0) is 6.42 Å². The molecule has 0 spiro atoms. The van der Waals surface area contributed by atoms with Crippen LogP contribution in [0.5, 0.6) is 0 Å². The third-order valence-electron chi connectivity index (χ3n) is 4.29. The molecule has 1 heterocycles. The van der Waals surface area contributed by atoms with Crippen molar-refractivity contribution in [3.63, 3.8) is 0 Å². The molecule has 1 aliphatic carbocycles. The summed E-state index contributed by atoms with van der Waals surface area (Å²) in [5.74, 6) is 0. The number of nitrogens with zero attached hydrogens (tertiary/aromatic N) is 1. The van der Waals surface area contributed by atoms with Crippen molar-refractivity contribution in [1.29, 1.82) is 0 Å². The van der Waals surface area contributed by atoms with Crippen LogP contribution in [0.2, 0.25) is 5.02 Å². The number of rotatable bonds is 1. The Morgan fingerprint density at radius 2 is 2.05 bits per heavy atom. The zero-order valence-electron chi connectivity index (χ0n) is 12.6. The van der Waals surface area contributed by atoms with Crippen LogP contribution in [0.25, 0.3) is 5.69 Å². The number of aromatic nitrogens is 1. The van der Waals surface area contributed by atoms with Crippen molar-refractivity contribution in [3.8, 4) is 5.69 Å². The van der Waals surface area contributed by atoms with Crippen molar-refractivity contribution < 1.29 is 0 Å². The molecule has 1 atom stereocenters. The lowest BCUT2D eigenvalue weighted by Gasteiger charge is -2.34. The minimum atomic E-state index is 0.117. The molecule has 1 aromatic heterocycles. The van der Waals surface area contributed by atoms with Crippen LogP contribution in [0.3, 0.4) is 0 Å². The van der Waals surface area contributed by atoms with Gasteiger partial charge in [0.15, 0.2) is 0 Å². The molecule has 2 nitrogen and oxygen atoms in total. The summed E-state index contributed by atoms with van der Waals surface area (Å²) in [6, 6.07) is 8.55. The number of nitrogens with two attached hydrogens (primary N) is 1. The van der Waals surface area contributed by atoms with Gasteiger partial charge in [-0.2, -0.15) is 0 Å². The molecule has 1 aliphatic rings. The quantitative estimate of drug-likeness (QED) is 0.653. The molecule has 0 aliphatic heterocycles. The Bertz CT molecular complexity index is 703. The highest BCUT2D eigenvalue weighted by atomic mass is 127. The largest absolute Gasteiger partial charge is 0.324 e. The van der Waals surface area contributed by atoms with Crippen molar-refractivity contribution >= 4 is 34.2 Å². The Hall–Kier alpha value is -0.520. The van der Waals surface area contributed by atoms with Gasteiger partial charge in [0.05, 0.1) is 10.7 Å². The summed E-state index contributed by atoms with van der Waals surface area (Å²) in [7, 11) is 0. The molecular formula is C17H20ClIN2. The third-order valence-corrected chi connectivity index (χ3v) is 5.26. The highest BCUT2D eigenvalue weighted by molar-refractivity contribution is 14.1. The molecule has 1 aromatic carbocycles. The molecule has 3 rings (SSSR count). The zero-order valence-corrected chi connectivity index (χ0v) is 15.5. The molecule has 112 valence electrons. The molecule has 0 fully saturated rings. The standard InChI is InChI=1S/C17H20ClIN2/c1-10-6-12-14(20)8-17(2,3)9-16(12)21(10)15-5-4-11(19)7-13(15)18/h4-7,14H,8-9,20H2,1-3H3. The first-order valence-corrected chi connectivity index (χ1v) is 8.66. The predicted molar refractivity (Wildman–Crippen MR) is 97.3 cm³/mol. The van der Waals surface area contributed by atoms with Gasteiger partial charge in [-0.15, -0.1) is 0 Å². The Morgan fingerprint density at radius 1 is 1.33 bits per heavy atom. The topological polar surface area (TPSA) is 30.9 Å². The lowest BCUT2D eigenvalue weighted by molar-refractivity contribution is 0.278. The normalized spacial score (nSPS) is 20.4. The van der Waals surface area contributed by atoms with E-state index >= 15 is 0 Å². The summed E-state index contributed by atoms with van der Waals surface area (Å²) >= 11 is 8.77. The molecule has 1 unspecified atom stereocenters. The van der Waals surface area contributed by atoms with E-state index in [0.717, 1.165) is 27.1 Å². The average Bonchev–Trinajstić information content (AvgIpc) is 2.65. The van der Waals surface area contributed by atoms with Crippen LogP contribution in [0.15, 0.2) is 24.3 Å². The maximum Gasteiger partial charge on any atom is 0.0657 e. The molecular weight excluding hydrogens is 395 g/mol. The zero-order chi connectivity index (χ0) is 15.4. The second kappa shape index (κ2) is 5.28. The summed E-state index contributed by atoms with van der Waals surface area (Å²) in [6.45, 7) is 6.71. The van der Waals surface area contributed by atoms with Crippen LogP contribution >= 0.6 is 34.2 Å². The van der Waals surface area contributed by atoms with Crippen molar-refractivity contribution in [1.82, 2.24) is 4.57 Å². The first-order valence-electron chi connectivity index (χ1n) is 7.21. The molecule has 2 N–H and O–H groups in total. The Kier molecular flexibility index (Phi) is 3.87. The first-order chi connectivity index (χ1) is 9.78. The van der Waals surface area contributed by atoms with E-state index in [1.165, 1.54) is 17.0 Å². The van der Waals surface area contributed by atoms with Gasteiger partial charge in [-0.05, 0) is 77.6 Å². The second-order valence-corrected chi connectivity index (χ2v) is 8.42. The first kappa shape index (κ1) is 15.4. The number of hydrogen-bond donors (Lipinski definition) is 1. The van der Waals surface area contributed by atoms with Gasteiger partial charge in [-0.3, -0.25) is 0 Å². The van der Waals surface area contributed by atoms with E-state index in [4.69, 9.17) is 17.3 Å². The fourth-order valence-corrected chi connectivity index (χ4v) is 4.39. The van der Waals surface area contributed by atoms with E-state index < -0.39 is 0 Å². The summed E-state index contributed by atoms with van der Waals surface area (Å²) in [5.41, 5.74) is 11.5. The SMILES string of the molecule is Cc1cc2c(n1-c1ccc(I)cc1Cl)CC(C)(C)CC2N. The Morgan fingerprint density at radius 3 is 2.71 bits per heavy atom. The Balaban J connectivity index is 2.21. The number of fused-ring (bicyclic) bond motifs is 1. The summed E-state index contributed by atoms with van der Waals surface area (Å²) in [6.07, 6.45) is 2.07. The molecule has 0 radical (unpaired) electrons. The van der Waals surface area contributed by atoms with Crippen molar-refractivity contribution in [2.45, 2.75) is 39.7 Å². The smallest absolute Gasteiger partial charge is 0.0657 e. The van der Waals surface area contributed by atoms with Crippen LogP contribution in [0, 0.1) is 15.9 Å². The molecule has 0 bridgehead atoms. The van der Waals surface area contributed by atoms with E-state index in [1.807, 2.05) is 6.07 Å². The van der Waals surface area contributed by atoms with Crippen LogP contribution in [-0.4, -0.2) is 4.57 Å². The highest BCUT2D eigenvalue weighted by Crippen LogP contribution is 2.42.